The van der Waals surface area contributed by atoms with E-state index >= 15 is 0 Å². The molecular formula is C16H26O. The summed E-state index contributed by atoms with van der Waals surface area (Å²) >= 11 is 0. The van der Waals surface area contributed by atoms with Crippen molar-refractivity contribution in [1.82, 2.24) is 0 Å². The highest BCUT2D eigenvalue weighted by Crippen LogP contribution is 2.42. The molecule has 0 saturated heterocycles. The van der Waals surface area contributed by atoms with Gasteiger partial charge in [0.25, 0.3) is 0 Å². The molecule has 1 N–H and O–H groups in total. The quantitative estimate of drug-likeness (QED) is 0.665. The van der Waals surface area contributed by atoms with Gasteiger partial charge in [-0.05, 0) is 55.4 Å². The highest BCUT2D eigenvalue weighted by Gasteiger charge is 2.34. The minimum Gasteiger partial charge on any atom is -0.392 e. The monoisotopic (exact) mass is 234 g/mol. The minimum absolute atomic E-state index is 0.0499. The third-order valence-electron chi connectivity index (χ3n) is 4.51. The van der Waals surface area contributed by atoms with Gasteiger partial charge < -0.3 is 5.11 Å². The standard InChI is InChI=1S/C16H26O/c1-12-11-16(2,3)15(17)10-13-8-6-4-5-7-9-14(12)13/h7,9,12,15,17H,4-6,8,10-11H2,1-3H3. The molecule has 0 bridgehead atoms. The largest absolute Gasteiger partial charge is 0.392 e. The first-order valence-corrected chi connectivity index (χ1v) is 7.07. The fourth-order valence-corrected chi connectivity index (χ4v) is 3.35. The number of allylic oxidation sites excluding steroid dienone is 3. The first-order chi connectivity index (χ1) is 8.00. The topological polar surface area (TPSA) is 20.2 Å². The molecule has 2 atom stereocenters. The molecule has 0 aliphatic heterocycles. The SMILES string of the molecule is CC1CC(C)(C)C(O)CC2=C1C=CCCCC2. The fraction of sp³-hybridized carbons (Fsp3) is 0.750. The number of hydrogen-bond acceptors (Lipinski definition) is 1. The Bertz CT molecular complexity index is 335. The lowest BCUT2D eigenvalue weighted by Crippen LogP contribution is -2.29. The van der Waals surface area contributed by atoms with Crippen LogP contribution in [0, 0.1) is 11.3 Å². The van der Waals surface area contributed by atoms with Crippen molar-refractivity contribution >= 4 is 0 Å². The van der Waals surface area contributed by atoms with E-state index in [9.17, 15) is 5.11 Å². The molecule has 2 aliphatic carbocycles. The van der Waals surface area contributed by atoms with Crippen LogP contribution in [0.4, 0.5) is 0 Å². The molecule has 0 heterocycles. The summed E-state index contributed by atoms with van der Waals surface area (Å²) in [6, 6.07) is 0. The van der Waals surface area contributed by atoms with Gasteiger partial charge in [-0.15, -0.1) is 0 Å². The Morgan fingerprint density at radius 1 is 1.29 bits per heavy atom. The molecule has 2 unspecified atom stereocenters. The number of aliphatic hydroxyl groups is 1. The second-order valence-corrected chi connectivity index (χ2v) is 6.52. The molecular weight excluding hydrogens is 208 g/mol. The van der Waals surface area contributed by atoms with Gasteiger partial charge >= 0.3 is 0 Å². The van der Waals surface area contributed by atoms with Gasteiger partial charge in [0.15, 0.2) is 0 Å². The van der Waals surface area contributed by atoms with Crippen molar-refractivity contribution in [2.45, 2.75) is 65.4 Å². The molecule has 0 saturated carbocycles. The Morgan fingerprint density at radius 2 is 2.06 bits per heavy atom. The molecule has 0 radical (unpaired) electrons. The predicted molar refractivity (Wildman–Crippen MR) is 72.8 cm³/mol. The zero-order valence-electron chi connectivity index (χ0n) is 11.5. The summed E-state index contributed by atoms with van der Waals surface area (Å²) in [6.45, 7) is 6.73. The molecule has 96 valence electrons. The van der Waals surface area contributed by atoms with Crippen LogP contribution in [0.3, 0.4) is 0 Å². The molecule has 2 rings (SSSR count). The average molecular weight is 234 g/mol. The highest BCUT2D eigenvalue weighted by molar-refractivity contribution is 5.31. The van der Waals surface area contributed by atoms with E-state index in [1.807, 2.05) is 0 Å². The second kappa shape index (κ2) is 4.97. The lowest BCUT2D eigenvalue weighted by Gasteiger charge is -2.30. The van der Waals surface area contributed by atoms with Crippen LogP contribution in [-0.2, 0) is 0 Å². The first kappa shape index (κ1) is 12.9. The Labute approximate surface area is 106 Å². The Balaban J connectivity index is 2.31. The van der Waals surface area contributed by atoms with E-state index < -0.39 is 0 Å². The summed E-state index contributed by atoms with van der Waals surface area (Å²) in [5.74, 6) is 0.589. The summed E-state index contributed by atoms with van der Waals surface area (Å²) < 4.78 is 0. The van der Waals surface area contributed by atoms with Crippen LogP contribution in [-0.4, -0.2) is 11.2 Å². The number of aliphatic hydroxyl groups excluding tert-OH is 1. The number of rotatable bonds is 0. The molecule has 0 aromatic heterocycles. The van der Waals surface area contributed by atoms with E-state index in [0.29, 0.717) is 5.92 Å². The van der Waals surface area contributed by atoms with Gasteiger partial charge in [-0.3, -0.25) is 0 Å². The maximum absolute atomic E-state index is 10.4. The van der Waals surface area contributed by atoms with Crippen molar-refractivity contribution in [2.75, 3.05) is 0 Å². The van der Waals surface area contributed by atoms with Gasteiger partial charge in [0, 0.05) is 0 Å². The van der Waals surface area contributed by atoms with Crippen molar-refractivity contribution in [3.05, 3.63) is 23.3 Å². The Hall–Kier alpha value is -0.560. The first-order valence-electron chi connectivity index (χ1n) is 7.07. The molecule has 0 fully saturated rings. The molecule has 0 aromatic rings. The summed E-state index contributed by atoms with van der Waals surface area (Å²) in [7, 11) is 0. The molecule has 0 aromatic carbocycles. The maximum atomic E-state index is 10.4. The van der Waals surface area contributed by atoms with E-state index in [1.165, 1.54) is 36.8 Å². The molecule has 17 heavy (non-hydrogen) atoms. The average Bonchev–Trinajstić information content (AvgIpc) is 2.26. The Morgan fingerprint density at radius 3 is 2.82 bits per heavy atom. The summed E-state index contributed by atoms with van der Waals surface area (Å²) in [5.41, 5.74) is 3.09. The summed E-state index contributed by atoms with van der Waals surface area (Å²) in [6.07, 6.45) is 11.5. The van der Waals surface area contributed by atoms with Crippen LogP contribution in [0.5, 0.6) is 0 Å². The molecule has 2 aliphatic rings. The minimum atomic E-state index is -0.176. The van der Waals surface area contributed by atoms with Crippen molar-refractivity contribution in [3.8, 4) is 0 Å². The third kappa shape index (κ3) is 2.82. The molecule has 1 nitrogen and oxygen atoms in total. The van der Waals surface area contributed by atoms with Crippen molar-refractivity contribution in [2.24, 2.45) is 11.3 Å². The lowest BCUT2D eigenvalue weighted by molar-refractivity contribution is 0.0417. The summed E-state index contributed by atoms with van der Waals surface area (Å²) in [4.78, 5) is 0. The van der Waals surface area contributed by atoms with E-state index in [0.717, 1.165) is 12.8 Å². The van der Waals surface area contributed by atoms with Crippen LogP contribution in [0.15, 0.2) is 23.3 Å². The smallest absolute Gasteiger partial charge is 0.0628 e. The van der Waals surface area contributed by atoms with Gasteiger partial charge in [0.1, 0.15) is 0 Å². The third-order valence-corrected chi connectivity index (χ3v) is 4.51. The van der Waals surface area contributed by atoms with Crippen molar-refractivity contribution < 1.29 is 5.11 Å². The predicted octanol–water partition coefficient (Wildman–Crippen LogP) is 4.23. The van der Waals surface area contributed by atoms with Crippen LogP contribution >= 0.6 is 0 Å². The van der Waals surface area contributed by atoms with Crippen molar-refractivity contribution in [1.29, 1.82) is 0 Å². The van der Waals surface area contributed by atoms with Crippen molar-refractivity contribution in [3.63, 3.8) is 0 Å². The van der Waals surface area contributed by atoms with Gasteiger partial charge in [-0.25, -0.2) is 0 Å². The van der Waals surface area contributed by atoms with Gasteiger partial charge in [0.2, 0.25) is 0 Å². The van der Waals surface area contributed by atoms with Gasteiger partial charge in [-0.1, -0.05) is 38.5 Å². The van der Waals surface area contributed by atoms with E-state index in [4.69, 9.17) is 0 Å². The maximum Gasteiger partial charge on any atom is 0.0628 e. The molecule has 0 amide bonds. The van der Waals surface area contributed by atoms with Gasteiger partial charge in [-0.2, -0.15) is 0 Å². The lowest BCUT2D eigenvalue weighted by atomic mass is 9.78. The van der Waals surface area contributed by atoms with Gasteiger partial charge in [0.05, 0.1) is 6.10 Å². The van der Waals surface area contributed by atoms with Crippen LogP contribution in [0.2, 0.25) is 0 Å². The zero-order chi connectivity index (χ0) is 12.5. The highest BCUT2D eigenvalue weighted by atomic mass is 16.3. The Kier molecular flexibility index (Phi) is 3.77. The van der Waals surface area contributed by atoms with Crippen LogP contribution in [0.25, 0.3) is 0 Å². The second-order valence-electron chi connectivity index (χ2n) is 6.52. The van der Waals surface area contributed by atoms with Crippen LogP contribution < -0.4 is 0 Å². The zero-order valence-corrected chi connectivity index (χ0v) is 11.5. The van der Waals surface area contributed by atoms with Crippen LogP contribution in [0.1, 0.15) is 59.3 Å². The molecule has 0 spiro atoms. The number of hydrogen-bond donors (Lipinski definition) is 1. The normalized spacial score (nSPS) is 33.6. The molecule has 1 heteroatoms. The van der Waals surface area contributed by atoms with E-state index in [-0.39, 0.29) is 11.5 Å². The summed E-state index contributed by atoms with van der Waals surface area (Å²) in [5, 5.41) is 10.4. The van der Waals surface area contributed by atoms with E-state index in [2.05, 4.69) is 32.9 Å². The van der Waals surface area contributed by atoms with E-state index in [1.54, 1.807) is 0 Å². The fourth-order valence-electron chi connectivity index (χ4n) is 3.35.